The Labute approximate surface area is 191 Å². The Morgan fingerprint density at radius 3 is 2.39 bits per heavy atom. The van der Waals surface area contributed by atoms with Crippen LogP contribution in [0.15, 0.2) is 82.4 Å². The van der Waals surface area contributed by atoms with Crippen molar-refractivity contribution in [3.05, 3.63) is 93.4 Å². The van der Waals surface area contributed by atoms with Gasteiger partial charge < -0.3 is 10.1 Å². The standard InChI is InChI=1S/C22H15BrClN3O4/c23-19-7-2-1-6-18(19)22(30)31-17-10-8-14(9-11-17)13-25-27-21(29)20(28)26-16-5-3-4-15(24)12-16/h1-13H,(H,26,28)(H,27,29)/b25-13+. The zero-order chi connectivity index (χ0) is 22.2. The molecule has 0 bridgehead atoms. The van der Waals surface area contributed by atoms with E-state index in [1.54, 1.807) is 66.7 Å². The predicted octanol–water partition coefficient (Wildman–Crippen LogP) is 4.41. The number of amides is 2. The first kappa shape index (κ1) is 22.2. The lowest BCUT2D eigenvalue weighted by Gasteiger charge is -2.06. The number of rotatable bonds is 5. The van der Waals surface area contributed by atoms with Gasteiger partial charge in [-0.2, -0.15) is 5.10 Å². The third-order valence-corrected chi connectivity index (χ3v) is 4.78. The minimum atomic E-state index is -0.935. The van der Waals surface area contributed by atoms with Crippen LogP contribution >= 0.6 is 27.5 Å². The van der Waals surface area contributed by atoms with E-state index in [0.717, 1.165) is 0 Å². The zero-order valence-electron chi connectivity index (χ0n) is 15.8. The van der Waals surface area contributed by atoms with E-state index in [1.807, 2.05) is 0 Å². The van der Waals surface area contributed by atoms with Crippen LogP contribution in [-0.4, -0.2) is 24.0 Å². The number of hydrazone groups is 1. The maximum absolute atomic E-state index is 12.2. The van der Waals surface area contributed by atoms with Crippen LogP contribution < -0.4 is 15.5 Å². The van der Waals surface area contributed by atoms with Crippen molar-refractivity contribution >= 4 is 57.2 Å². The topological polar surface area (TPSA) is 96.9 Å². The summed E-state index contributed by atoms with van der Waals surface area (Å²) in [6, 6.07) is 19.8. The summed E-state index contributed by atoms with van der Waals surface area (Å²) < 4.78 is 5.97. The average molecular weight is 501 g/mol. The fourth-order valence-electron chi connectivity index (χ4n) is 2.38. The molecule has 156 valence electrons. The van der Waals surface area contributed by atoms with Crippen molar-refractivity contribution in [1.29, 1.82) is 0 Å². The number of nitrogens with zero attached hydrogens (tertiary/aromatic N) is 1. The number of hydrogen-bond acceptors (Lipinski definition) is 5. The minimum Gasteiger partial charge on any atom is -0.423 e. The molecule has 0 fully saturated rings. The highest BCUT2D eigenvalue weighted by Crippen LogP contribution is 2.19. The normalized spacial score (nSPS) is 10.5. The Balaban J connectivity index is 1.52. The fraction of sp³-hybridized carbons (Fsp3) is 0. The van der Waals surface area contributed by atoms with E-state index >= 15 is 0 Å². The number of hydrogen-bond donors (Lipinski definition) is 2. The lowest BCUT2D eigenvalue weighted by molar-refractivity contribution is -0.136. The van der Waals surface area contributed by atoms with Gasteiger partial charge in [-0.1, -0.05) is 29.8 Å². The molecule has 0 aliphatic rings. The van der Waals surface area contributed by atoms with Gasteiger partial charge in [-0.05, 0) is 76.1 Å². The van der Waals surface area contributed by atoms with Gasteiger partial charge in [0.05, 0.1) is 11.8 Å². The molecule has 0 radical (unpaired) electrons. The first-order valence-corrected chi connectivity index (χ1v) is 10.1. The Morgan fingerprint density at radius 1 is 0.935 bits per heavy atom. The van der Waals surface area contributed by atoms with Gasteiger partial charge >= 0.3 is 17.8 Å². The molecule has 2 amide bonds. The number of ether oxygens (including phenoxy) is 1. The van der Waals surface area contributed by atoms with Crippen molar-refractivity contribution < 1.29 is 19.1 Å². The van der Waals surface area contributed by atoms with Gasteiger partial charge in [0.2, 0.25) is 0 Å². The molecule has 3 aromatic carbocycles. The molecule has 3 aromatic rings. The van der Waals surface area contributed by atoms with Crippen LogP contribution in [0.3, 0.4) is 0 Å². The molecule has 0 heterocycles. The highest BCUT2D eigenvalue weighted by Gasteiger charge is 2.13. The van der Waals surface area contributed by atoms with Crippen LogP contribution in [0.2, 0.25) is 5.02 Å². The van der Waals surface area contributed by atoms with Crippen LogP contribution in [0.25, 0.3) is 0 Å². The van der Waals surface area contributed by atoms with Crippen molar-refractivity contribution in [1.82, 2.24) is 5.43 Å². The number of anilines is 1. The van der Waals surface area contributed by atoms with Crippen molar-refractivity contribution in [3.8, 4) is 5.75 Å². The molecule has 0 saturated carbocycles. The number of carbonyl (C=O) groups is 3. The van der Waals surface area contributed by atoms with E-state index in [0.29, 0.717) is 32.1 Å². The molecule has 0 aliphatic heterocycles. The lowest BCUT2D eigenvalue weighted by Crippen LogP contribution is -2.32. The van der Waals surface area contributed by atoms with Crippen molar-refractivity contribution in [2.24, 2.45) is 5.10 Å². The molecule has 7 nitrogen and oxygen atoms in total. The second-order valence-corrected chi connectivity index (χ2v) is 7.39. The van der Waals surface area contributed by atoms with E-state index in [-0.39, 0.29) is 0 Å². The SMILES string of the molecule is O=C(N/N=C/c1ccc(OC(=O)c2ccccc2Br)cc1)C(=O)Nc1cccc(Cl)c1. The monoisotopic (exact) mass is 499 g/mol. The van der Waals surface area contributed by atoms with Crippen LogP contribution in [0.5, 0.6) is 5.75 Å². The minimum absolute atomic E-state index is 0.350. The van der Waals surface area contributed by atoms with Gasteiger partial charge in [-0.15, -0.1) is 0 Å². The zero-order valence-corrected chi connectivity index (χ0v) is 18.2. The molecular formula is C22H15BrClN3O4. The van der Waals surface area contributed by atoms with Crippen molar-refractivity contribution in [2.45, 2.75) is 0 Å². The smallest absolute Gasteiger partial charge is 0.344 e. The fourth-order valence-corrected chi connectivity index (χ4v) is 3.02. The molecule has 3 rings (SSSR count). The Morgan fingerprint density at radius 2 is 1.68 bits per heavy atom. The van der Waals surface area contributed by atoms with Gasteiger partial charge in [-0.25, -0.2) is 10.2 Å². The molecule has 0 unspecified atom stereocenters. The molecule has 0 aliphatic carbocycles. The van der Waals surface area contributed by atoms with Gasteiger partial charge in [-0.3, -0.25) is 9.59 Å². The molecule has 9 heteroatoms. The van der Waals surface area contributed by atoms with Gasteiger partial charge in [0.1, 0.15) is 5.75 Å². The van der Waals surface area contributed by atoms with E-state index in [1.165, 1.54) is 12.3 Å². The Kier molecular flexibility index (Phi) is 7.53. The summed E-state index contributed by atoms with van der Waals surface area (Å²) in [4.78, 5) is 35.9. The number of esters is 1. The van der Waals surface area contributed by atoms with Crippen molar-refractivity contribution in [2.75, 3.05) is 5.32 Å². The van der Waals surface area contributed by atoms with Gasteiger partial charge in [0, 0.05) is 15.2 Å². The summed E-state index contributed by atoms with van der Waals surface area (Å²) in [5.41, 5.74) is 3.56. The van der Waals surface area contributed by atoms with Crippen LogP contribution in [0, 0.1) is 0 Å². The first-order valence-electron chi connectivity index (χ1n) is 8.89. The molecule has 31 heavy (non-hydrogen) atoms. The maximum atomic E-state index is 12.2. The summed E-state index contributed by atoms with van der Waals surface area (Å²) in [6.07, 6.45) is 1.35. The first-order chi connectivity index (χ1) is 14.9. The van der Waals surface area contributed by atoms with Crippen LogP contribution in [0.1, 0.15) is 15.9 Å². The second kappa shape index (κ2) is 10.5. The van der Waals surface area contributed by atoms with Gasteiger partial charge in [0.25, 0.3) is 0 Å². The quantitative estimate of drug-likeness (QED) is 0.178. The third kappa shape index (κ3) is 6.50. The third-order valence-electron chi connectivity index (χ3n) is 3.85. The lowest BCUT2D eigenvalue weighted by atomic mass is 10.2. The van der Waals surface area contributed by atoms with E-state index in [4.69, 9.17) is 16.3 Å². The van der Waals surface area contributed by atoms with E-state index in [2.05, 4.69) is 31.8 Å². The summed E-state index contributed by atoms with van der Waals surface area (Å²) in [5, 5.41) is 6.59. The van der Waals surface area contributed by atoms with E-state index < -0.39 is 17.8 Å². The highest BCUT2D eigenvalue weighted by molar-refractivity contribution is 9.10. The number of benzene rings is 3. The number of nitrogens with one attached hydrogen (secondary N) is 2. The molecule has 0 aromatic heterocycles. The Hall–Kier alpha value is -3.49. The van der Waals surface area contributed by atoms with E-state index in [9.17, 15) is 14.4 Å². The molecular weight excluding hydrogens is 486 g/mol. The summed E-state index contributed by atoms with van der Waals surface area (Å²) >= 11 is 9.14. The molecule has 0 atom stereocenters. The predicted molar refractivity (Wildman–Crippen MR) is 121 cm³/mol. The number of carbonyl (C=O) groups excluding carboxylic acids is 3. The second-order valence-electron chi connectivity index (χ2n) is 6.10. The van der Waals surface area contributed by atoms with Gasteiger partial charge in [0.15, 0.2) is 0 Å². The average Bonchev–Trinajstić information content (AvgIpc) is 2.75. The summed E-state index contributed by atoms with van der Waals surface area (Å²) in [7, 11) is 0. The molecule has 0 spiro atoms. The van der Waals surface area contributed by atoms with Crippen LogP contribution in [0.4, 0.5) is 5.69 Å². The highest BCUT2D eigenvalue weighted by atomic mass is 79.9. The Bertz CT molecular complexity index is 1150. The van der Waals surface area contributed by atoms with Crippen molar-refractivity contribution in [3.63, 3.8) is 0 Å². The molecule has 2 N–H and O–H groups in total. The summed E-state index contributed by atoms with van der Waals surface area (Å²) in [6.45, 7) is 0. The van der Waals surface area contributed by atoms with Crippen LogP contribution in [-0.2, 0) is 9.59 Å². The molecule has 0 saturated heterocycles. The number of halogens is 2. The summed E-state index contributed by atoms with van der Waals surface area (Å²) in [5.74, 6) is -1.96. The maximum Gasteiger partial charge on any atom is 0.344 e. The largest absolute Gasteiger partial charge is 0.423 e.